The van der Waals surface area contributed by atoms with Crippen molar-refractivity contribution in [3.8, 4) is 5.75 Å². The van der Waals surface area contributed by atoms with Crippen molar-refractivity contribution >= 4 is 11.7 Å². The second-order valence-electron chi connectivity index (χ2n) is 6.51. The van der Waals surface area contributed by atoms with E-state index in [1.807, 2.05) is 0 Å². The molecule has 0 spiro atoms. The Morgan fingerprint density at radius 1 is 1.30 bits per heavy atom. The van der Waals surface area contributed by atoms with Gasteiger partial charge in [0.15, 0.2) is 0 Å². The van der Waals surface area contributed by atoms with Crippen LogP contribution in [-0.4, -0.2) is 47.2 Å². The van der Waals surface area contributed by atoms with Gasteiger partial charge in [0.2, 0.25) is 0 Å². The van der Waals surface area contributed by atoms with Crippen LogP contribution in [0.5, 0.6) is 5.75 Å². The number of hydrogen-bond donors (Lipinski definition) is 2. The van der Waals surface area contributed by atoms with E-state index in [1.165, 1.54) is 7.11 Å². The van der Waals surface area contributed by atoms with E-state index >= 15 is 0 Å². The van der Waals surface area contributed by atoms with Crippen LogP contribution < -0.4 is 15.6 Å². The van der Waals surface area contributed by atoms with Gasteiger partial charge in [-0.3, -0.25) is 9.59 Å². The number of nitrogens with one attached hydrogen (secondary N) is 1. The largest absolute Gasteiger partial charge is 0.497 e. The Labute approximate surface area is 170 Å². The van der Waals surface area contributed by atoms with E-state index in [0.717, 1.165) is 10.9 Å². The first-order valence-corrected chi connectivity index (χ1v) is 8.98. The van der Waals surface area contributed by atoms with Gasteiger partial charge in [0.1, 0.15) is 11.3 Å². The number of aromatic nitrogens is 2. The van der Waals surface area contributed by atoms with Crippen molar-refractivity contribution in [2.24, 2.45) is 0 Å². The van der Waals surface area contributed by atoms with E-state index in [9.17, 15) is 22.8 Å². The minimum absolute atomic E-state index is 0.0422. The number of halogens is 3. The lowest BCUT2D eigenvalue weighted by molar-refractivity contribution is -0.139. The zero-order valence-corrected chi connectivity index (χ0v) is 16.4. The number of methoxy groups -OCH3 is 1. The zero-order valence-electron chi connectivity index (χ0n) is 16.4. The number of ether oxygens (including phenoxy) is 2. The Balaban J connectivity index is 2.20. The predicted octanol–water partition coefficient (Wildman–Crippen LogP) is 2.61. The molecule has 0 aliphatic carbocycles. The third kappa shape index (κ3) is 6.48. The number of aliphatic carboxylic acids is 1. The van der Waals surface area contributed by atoms with Gasteiger partial charge in [0.05, 0.1) is 45.2 Å². The SMILES string of the molecule is COc1ccc(Cn2ncc(N[C@@H](C)COCCC(=O)O)c(C(F)(F)F)c2=O)cc1. The molecule has 2 rings (SSSR count). The molecule has 2 N–H and O–H groups in total. The summed E-state index contributed by atoms with van der Waals surface area (Å²) in [7, 11) is 1.49. The first kappa shape index (κ1) is 23.2. The van der Waals surface area contributed by atoms with Crippen LogP contribution in [0.1, 0.15) is 24.5 Å². The Kier molecular flexibility index (Phi) is 7.81. The molecule has 30 heavy (non-hydrogen) atoms. The van der Waals surface area contributed by atoms with E-state index in [2.05, 4.69) is 10.4 Å². The fraction of sp³-hybridized carbons (Fsp3) is 0.421. The number of alkyl halides is 3. The van der Waals surface area contributed by atoms with Gasteiger partial charge in [0, 0.05) is 6.04 Å². The summed E-state index contributed by atoms with van der Waals surface area (Å²) < 4.78 is 51.6. The first-order chi connectivity index (χ1) is 14.1. The molecule has 1 aromatic carbocycles. The Hall–Kier alpha value is -3.08. The molecule has 11 heteroatoms. The van der Waals surface area contributed by atoms with E-state index < -0.39 is 35.0 Å². The molecule has 0 bridgehead atoms. The van der Waals surface area contributed by atoms with Crippen molar-refractivity contribution in [1.82, 2.24) is 9.78 Å². The summed E-state index contributed by atoms with van der Waals surface area (Å²) in [5, 5.41) is 15.0. The molecule has 0 saturated heterocycles. The van der Waals surface area contributed by atoms with Gasteiger partial charge in [-0.2, -0.15) is 18.3 Å². The van der Waals surface area contributed by atoms with Crippen LogP contribution in [0.15, 0.2) is 35.3 Å². The van der Waals surface area contributed by atoms with Gasteiger partial charge in [-0.25, -0.2) is 4.68 Å². The van der Waals surface area contributed by atoms with Gasteiger partial charge in [0.25, 0.3) is 5.56 Å². The van der Waals surface area contributed by atoms with Crippen LogP contribution in [0.2, 0.25) is 0 Å². The van der Waals surface area contributed by atoms with Crippen LogP contribution >= 0.6 is 0 Å². The van der Waals surface area contributed by atoms with E-state index in [0.29, 0.717) is 11.3 Å². The summed E-state index contributed by atoms with van der Waals surface area (Å²) in [4.78, 5) is 23.0. The third-order valence-corrected chi connectivity index (χ3v) is 4.05. The van der Waals surface area contributed by atoms with Crippen LogP contribution in [0, 0.1) is 0 Å². The van der Waals surface area contributed by atoms with Crippen molar-refractivity contribution in [3.63, 3.8) is 0 Å². The molecule has 8 nitrogen and oxygen atoms in total. The fourth-order valence-electron chi connectivity index (χ4n) is 2.62. The molecule has 1 aromatic heterocycles. The average Bonchev–Trinajstić information content (AvgIpc) is 2.67. The first-order valence-electron chi connectivity index (χ1n) is 8.98. The number of carbonyl (C=O) groups is 1. The minimum atomic E-state index is -4.89. The topological polar surface area (TPSA) is 103 Å². The van der Waals surface area contributed by atoms with Gasteiger partial charge >= 0.3 is 12.1 Å². The van der Waals surface area contributed by atoms with Crippen LogP contribution in [-0.2, 0) is 22.3 Å². The van der Waals surface area contributed by atoms with Gasteiger partial charge < -0.3 is 19.9 Å². The lowest BCUT2D eigenvalue weighted by Crippen LogP contribution is -2.34. The van der Waals surface area contributed by atoms with E-state index in [1.54, 1.807) is 31.2 Å². The van der Waals surface area contributed by atoms with Crippen LogP contribution in [0.25, 0.3) is 0 Å². The highest BCUT2D eigenvalue weighted by Crippen LogP contribution is 2.32. The van der Waals surface area contributed by atoms with Gasteiger partial charge in [-0.05, 0) is 24.6 Å². The third-order valence-electron chi connectivity index (χ3n) is 4.05. The highest BCUT2D eigenvalue weighted by Gasteiger charge is 2.38. The van der Waals surface area contributed by atoms with Crippen molar-refractivity contribution in [1.29, 1.82) is 0 Å². The molecule has 0 radical (unpaired) electrons. The summed E-state index contributed by atoms with van der Waals surface area (Å²) in [6.07, 6.45) is -4.17. The second-order valence-corrected chi connectivity index (χ2v) is 6.51. The summed E-state index contributed by atoms with van der Waals surface area (Å²) in [6, 6.07) is 5.91. The standard InChI is InChI=1S/C19H22F3N3O5/c1-12(11-30-8-7-16(26)27)24-15-9-23-25(18(28)17(15)19(20,21)22)10-13-3-5-14(29-2)6-4-13/h3-6,9,12,24H,7-8,10-11H2,1-2H3,(H,26,27)/t12-/m0/s1. The number of rotatable bonds is 10. The molecule has 0 aliphatic rings. The molecule has 0 unspecified atom stereocenters. The van der Waals surface area contributed by atoms with Crippen molar-refractivity contribution in [3.05, 3.63) is 51.9 Å². The monoisotopic (exact) mass is 429 g/mol. The lowest BCUT2D eigenvalue weighted by Gasteiger charge is -2.19. The van der Waals surface area contributed by atoms with Crippen molar-refractivity contribution in [2.75, 3.05) is 25.6 Å². The molecular weight excluding hydrogens is 407 g/mol. The van der Waals surface area contributed by atoms with Crippen LogP contribution in [0.4, 0.5) is 18.9 Å². The normalized spacial score (nSPS) is 12.4. The smallest absolute Gasteiger partial charge is 0.423 e. The number of benzene rings is 1. The maximum atomic E-state index is 13.6. The molecule has 2 aromatic rings. The van der Waals surface area contributed by atoms with Gasteiger partial charge in [-0.15, -0.1) is 0 Å². The maximum absolute atomic E-state index is 13.6. The molecule has 0 fully saturated rings. The maximum Gasteiger partial charge on any atom is 0.423 e. The molecule has 164 valence electrons. The lowest BCUT2D eigenvalue weighted by atomic mass is 10.2. The molecule has 0 aliphatic heterocycles. The molecule has 1 heterocycles. The fourth-order valence-corrected chi connectivity index (χ4v) is 2.62. The van der Waals surface area contributed by atoms with E-state index in [-0.39, 0.29) is 26.2 Å². The van der Waals surface area contributed by atoms with Crippen molar-refractivity contribution in [2.45, 2.75) is 32.1 Å². The number of carboxylic acids is 1. The molecular formula is C19H22F3N3O5. The Morgan fingerprint density at radius 3 is 2.53 bits per heavy atom. The number of anilines is 1. The van der Waals surface area contributed by atoms with Crippen LogP contribution in [0.3, 0.4) is 0 Å². The highest BCUT2D eigenvalue weighted by atomic mass is 19.4. The minimum Gasteiger partial charge on any atom is -0.497 e. The second kappa shape index (κ2) is 10.1. The molecule has 0 amide bonds. The van der Waals surface area contributed by atoms with Gasteiger partial charge in [-0.1, -0.05) is 12.1 Å². The molecule has 1 atom stereocenters. The molecule has 0 saturated carbocycles. The Morgan fingerprint density at radius 2 is 1.97 bits per heavy atom. The average molecular weight is 429 g/mol. The van der Waals surface area contributed by atoms with Crippen molar-refractivity contribution < 1.29 is 32.5 Å². The number of hydrogen-bond acceptors (Lipinski definition) is 6. The Bertz CT molecular complexity index is 913. The highest BCUT2D eigenvalue weighted by molar-refractivity contribution is 5.66. The summed E-state index contributed by atoms with van der Waals surface area (Å²) >= 11 is 0. The predicted molar refractivity (Wildman–Crippen MR) is 102 cm³/mol. The summed E-state index contributed by atoms with van der Waals surface area (Å²) in [5.41, 5.74) is -2.52. The number of carboxylic acid groups (broad SMARTS) is 1. The zero-order chi connectivity index (χ0) is 22.3. The quantitative estimate of drug-likeness (QED) is 0.560. The summed E-state index contributed by atoms with van der Waals surface area (Å²) in [5.74, 6) is -0.464. The van der Waals surface area contributed by atoms with E-state index in [4.69, 9.17) is 14.6 Å². The number of nitrogens with zero attached hydrogens (tertiary/aromatic N) is 2. The summed E-state index contributed by atoms with van der Waals surface area (Å²) in [6.45, 7) is 1.29.